The number of carbonyl (C=O) groups excluding carboxylic acids is 1. The Morgan fingerprint density at radius 2 is 1.90 bits per heavy atom. The molecule has 1 aliphatic rings. The van der Waals surface area contributed by atoms with Gasteiger partial charge in [0, 0.05) is 39.8 Å². The maximum absolute atomic E-state index is 11.9. The first kappa shape index (κ1) is 23.9. The largest absolute Gasteiger partial charge is 0.497 e. The Morgan fingerprint density at radius 1 is 1.17 bits per heavy atom. The maximum atomic E-state index is 11.9. The number of guanidine groups is 1. The van der Waals surface area contributed by atoms with Gasteiger partial charge in [0.1, 0.15) is 12.3 Å². The van der Waals surface area contributed by atoms with Gasteiger partial charge in [0.25, 0.3) is 0 Å². The van der Waals surface area contributed by atoms with Crippen LogP contribution in [-0.4, -0.2) is 90.1 Å². The number of amides is 1. The molecule has 0 aliphatic carbocycles. The molecule has 168 valence electrons. The zero-order valence-electron chi connectivity index (χ0n) is 18.3. The number of rotatable bonds is 11. The van der Waals surface area contributed by atoms with Crippen LogP contribution in [0.1, 0.15) is 18.5 Å². The lowest BCUT2D eigenvalue weighted by atomic mass is 10.0. The van der Waals surface area contributed by atoms with E-state index in [9.17, 15) is 4.79 Å². The minimum atomic E-state index is -0.135. The molecule has 2 rings (SSSR count). The lowest BCUT2D eigenvalue weighted by Gasteiger charge is -2.35. The summed E-state index contributed by atoms with van der Waals surface area (Å²) < 4.78 is 15.7. The topological polar surface area (TPSA) is 96.5 Å². The minimum absolute atomic E-state index is 0.0593. The van der Waals surface area contributed by atoms with E-state index >= 15 is 0 Å². The van der Waals surface area contributed by atoms with Crippen LogP contribution in [0, 0.1) is 0 Å². The van der Waals surface area contributed by atoms with Gasteiger partial charge in [-0.3, -0.25) is 9.69 Å². The quantitative estimate of drug-likeness (QED) is 0.270. The van der Waals surface area contributed by atoms with Crippen molar-refractivity contribution in [1.29, 1.82) is 0 Å². The van der Waals surface area contributed by atoms with Crippen LogP contribution >= 0.6 is 0 Å². The highest BCUT2D eigenvalue weighted by Gasteiger charge is 2.23. The Balaban J connectivity index is 2.02. The number of ether oxygens (including phenoxy) is 3. The van der Waals surface area contributed by atoms with Gasteiger partial charge in [0.05, 0.1) is 33.0 Å². The first-order valence-electron chi connectivity index (χ1n) is 10.4. The fourth-order valence-electron chi connectivity index (χ4n) is 3.21. The molecule has 0 saturated carbocycles. The molecule has 0 spiro atoms. The van der Waals surface area contributed by atoms with Crippen molar-refractivity contribution in [3.8, 4) is 5.75 Å². The van der Waals surface area contributed by atoms with Crippen LogP contribution < -0.4 is 20.7 Å². The highest BCUT2D eigenvalue weighted by Crippen LogP contribution is 2.23. The molecule has 0 aromatic heterocycles. The van der Waals surface area contributed by atoms with Gasteiger partial charge in [0.2, 0.25) is 5.91 Å². The third-order valence-corrected chi connectivity index (χ3v) is 4.80. The van der Waals surface area contributed by atoms with E-state index in [2.05, 4.69) is 38.0 Å². The van der Waals surface area contributed by atoms with E-state index in [-0.39, 0.29) is 18.5 Å². The number of nitrogens with zero attached hydrogens (tertiary/aromatic N) is 2. The Hall–Kier alpha value is -2.36. The number of methoxy groups -OCH3 is 2. The van der Waals surface area contributed by atoms with Gasteiger partial charge in [-0.15, -0.1) is 0 Å². The number of carbonyl (C=O) groups is 1. The number of morpholine rings is 1. The van der Waals surface area contributed by atoms with Crippen LogP contribution in [-0.2, 0) is 14.3 Å². The molecule has 1 fully saturated rings. The van der Waals surface area contributed by atoms with Crippen molar-refractivity contribution >= 4 is 11.9 Å². The molecule has 1 heterocycles. The molecule has 0 bridgehead atoms. The van der Waals surface area contributed by atoms with E-state index in [1.54, 1.807) is 14.2 Å². The van der Waals surface area contributed by atoms with E-state index in [0.29, 0.717) is 32.2 Å². The normalized spacial score (nSPS) is 16.0. The molecule has 1 aliphatic heterocycles. The molecule has 1 amide bonds. The summed E-state index contributed by atoms with van der Waals surface area (Å²) in [6.07, 6.45) is 0. The van der Waals surface area contributed by atoms with Crippen LogP contribution in [0.2, 0.25) is 0 Å². The highest BCUT2D eigenvalue weighted by molar-refractivity contribution is 5.84. The van der Waals surface area contributed by atoms with Crippen molar-refractivity contribution in [2.24, 2.45) is 4.99 Å². The summed E-state index contributed by atoms with van der Waals surface area (Å²) in [4.78, 5) is 18.7. The molecule has 9 nitrogen and oxygen atoms in total. The summed E-state index contributed by atoms with van der Waals surface area (Å²) in [6.45, 7) is 7.57. The fraction of sp³-hybridized carbons (Fsp3) is 0.619. The smallest absolute Gasteiger partial charge is 0.241 e. The van der Waals surface area contributed by atoms with Crippen molar-refractivity contribution in [3.63, 3.8) is 0 Å². The second kappa shape index (κ2) is 13.8. The van der Waals surface area contributed by atoms with E-state index in [1.165, 1.54) is 5.56 Å². The summed E-state index contributed by atoms with van der Waals surface area (Å²) in [5, 5.41) is 9.37. The van der Waals surface area contributed by atoms with Gasteiger partial charge in [0.15, 0.2) is 5.96 Å². The van der Waals surface area contributed by atoms with Gasteiger partial charge in [-0.2, -0.15) is 0 Å². The first-order valence-corrected chi connectivity index (χ1v) is 10.4. The second-order valence-electron chi connectivity index (χ2n) is 6.86. The molecule has 1 aromatic carbocycles. The van der Waals surface area contributed by atoms with Crippen LogP contribution in [0.4, 0.5) is 0 Å². The first-order chi connectivity index (χ1) is 14.7. The summed E-state index contributed by atoms with van der Waals surface area (Å²) in [6, 6.07) is 8.29. The van der Waals surface area contributed by atoms with Crippen molar-refractivity contribution in [2.45, 2.75) is 13.0 Å². The molecular formula is C21H35N5O4. The Labute approximate surface area is 179 Å². The lowest BCUT2D eigenvalue weighted by molar-refractivity contribution is -0.119. The number of hydrogen-bond donors (Lipinski definition) is 3. The Bertz CT molecular complexity index is 647. The maximum Gasteiger partial charge on any atom is 0.241 e. The summed E-state index contributed by atoms with van der Waals surface area (Å²) in [5.74, 6) is 1.32. The summed E-state index contributed by atoms with van der Waals surface area (Å²) >= 11 is 0. The molecule has 30 heavy (non-hydrogen) atoms. The number of benzene rings is 1. The lowest BCUT2D eigenvalue weighted by Crippen LogP contribution is -2.46. The van der Waals surface area contributed by atoms with Crippen LogP contribution in [0.15, 0.2) is 29.3 Å². The fourth-order valence-corrected chi connectivity index (χ4v) is 3.21. The van der Waals surface area contributed by atoms with E-state index in [4.69, 9.17) is 14.2 Å². The number of nitrogens with one attached hydrogen (secondary N) is 3. The van der Waals surface area contributed by atoms with E-state index < -0.39 is 0 Å². The average Bonchev–Trinajstić information content (AvgIpc) is 2.79. The predicted molar refractivity (Wildman–Crippen MR) is 117 cm³/mol. The minimum Gasteiger partial charge on any atom is -0.497 e. The average molecular weight is 422 g/mol. The van der Waals surface area contributed by atoms with Crippen molar-refractivity contribution in [2.75, 3.05) is 73.3 Å². The zero-order valence-corrected chi connectivity index (χ0v) is 18.3. The van der Waals surface area contributed by atoms with Crippen LogP contribution in [0.25, 0.3) is 0 Å². The standard InChI is InChI=1S/C21H35N5O4/c1-4-22-21(25-16-20(27)23-9-12-28-2)24-15-19(26-10-13-30-14-11-26)17-5-7-18(29-3)8-6-17/h5-8,19H,4,9-16H2,1-3H3,(H,23,27)(H2,22,24,25). The SMILES string of the molecule is CCNC(=NCC(=O)NCCOC)NCC(c1ccc(OC)cc1)N1CCOCC1. The molecule has 9 heteroatoms. The molecule has 1 saturated heterocycles. The highest BCUT2D eigenvalue weighted by atomic mass is 16.5. The second-order valence-corrected chi connectivity index (χ2v) is 6.86. The monoisotopic (exact) mass is 421 g/mol. The van der Waals surface area contributed by atoms with Crippen LogP contribution in [0.3, 0.4) is 0 Å². The van der Waals surface area contributed by atoms with Gasteiger partial charge < -0.3 is 30.2 Å². The Kier molecular flexibility index (Phi) is 11.0. The number of aliphatic imine (C=N–C) groups is 1. The van der Waals surface area contributed by atoms with E-state index in [0.717, 1.165) is 32.1 Å². The van der Waals surface area contributed by atoms with Crippen molar-refractivity contribution < 1.29 is 19.0 Å². The summed E-state index contributed by atoms with van der Waals surface area (Å²) in [5.41, 5.74) is 1.19. The third kappa shape index (κ3) is 8.17. The Morgan fingerprint density at radius 3 is 2.53 bits per heavy atom. The molecule has 1 atom stereocenters. The van der Waals surface area contributed by atoms with Gasteiger partial charge in [-0.25, -0.2) is 4.99 Å². The third-order valence-electron chi connectivity index (χ3n) is 4.80. The predicted octanol–water partition coefficient (Wildman–Crippen LogP) is 0.386. The zero-order chi connectivity index (χ0) is 21.6. The molecule has 1 unspecified atom stereocenters. The van der Waals surface area contributed by atoms with Crippen LogP contribution in [0.5, 0.6) is 5.75 Å². The number of hydrogen-bond acceptors (Lipinski definition) is 6. The van der Waals surface area contributed by atoms with Crippen molar-refractivity contribution in [3.05, 3.63) is 29.8 Å². The van der Waals surface area contributed by atoms with Gasteiger partial charge >= 0.3 is 0 Å². The van der Waals surface area contributed by atoms with Crippen molar-refractivity contribution in [1.82, 2.24) is 20.9 Å². The summed E-state index contributed by atoms with van der Waals surface area (Å²) in [7, 11) is 3.27. The molecule has 1 aromatic rings. The van der Waals surface area contributed by atoms with E-state index in [1.807, 2.05) is 19.1 Å². The molecule has 3 N–H and O–H groups in total. The molecular weight excluding hydrogens is 386 g/mol. The van der Waals surface area contributed by atoms with Gasteiger partial charge in [-0.1, -0.05) is 12.1 Å². The molecule has 0 radical (unpaired) electrons. The van der Waals surface area contributed by atoms with Gasteiger partial charge in [-0.05, 0) is 24.6 Å².